The minimum Gasteiger partial charge on any atom is -0.391 e. The molecule has 16 heteroatoms. The summed E-state index contributed by atoms with van der Waals surface area (Å²) in [7, 11) is 0. The van der Waals surface area contributed by atoms with Gasteiger partial charge in [-0.05, 0) is 6.92 Å². The van der Waals surface area contributed by atoms with E-state index < -0.39 is 91.7 Å². The molecule has 0 aromatic rings. The zero-order valence-corrected chi connectivity index (χ0v) is 19.7. The highest BCUT2D eigenvalue weighted by Gasteiger charge is 2.55. The van der Waals surface area contributed by atoms with E-state index in [9.17, 15) is 30.6 Å². The molecule has 0 radical (unpaired) electrons. The molecule has 0 amide bonds. The molecule has 20 N–H and O–H groups in total. The molecule has 35 heavy (non-hydrogen) atoms. The highest BCUT2D eigenvalue weighted by Crippen LogP contribution is 2.31. The number of aliphatic hydroxyl groups is 6. The van der Waals surface area contributed by atoms with Gasteiger partial charge in [0.05, 0.1) is 19.1 Å². The van der Waals surface area contributed by atoms with Crippen LogP contribution in [0.4, 0.5) is 0 Å². The van der Waals surface area contributed by atoms with Gasteiger partial charge in [0, 0.05) is 0 Å². The van der Waals surface area contributed by atoms with E-state index in [1.54, 1.807) is 0 Å². The molecule has 2 heterocycles. The Morgan fingerprint density at radius 1 is 0.886 bits per heavy atom. The smallest absolute Gasteiger partial charge is 0.338 e. The van der Waals surface area contributed by atoms with Crippen LogP contribution in [0, 0.1) is 0 Å². The SMILES string of the molecule is C[C@@H](O)C1O[C@H](O[C@@H]2C([NH3+])CC([NH3+])[C@@H](O)[C@H]2O[C@@H]2O[C@H](C[NH+]=C(N)N)[C@H](O)C2O)C([NH3+])[C@@H](O)[C@@H]1O. The highest BCUT2D eigenvalue weighted by atomic mass is 16.7. The van der Waals surface area contributed by atoms with Gasteiger partial charge in [-0.1, -0.05) is 0 Å². The maximum Gasteiger partial charge on any atom is 0.338 e. The molecule has 2 aliphatic heterocycles. The summed E-state index contributed by atoms with van der Waals surface area (Å²) in [5.74, 6) is -0.0892. The Hall–Kier alpha value is -1.25. The number of quaternary nitrogens is 3. The van der Waals surface area contributed by atoms with E-state index in [1.807, 2.05) is 0 Å². The fourth-order valence-corrected chi connectivity index (χ4v) is 4.74. The Morgan fingerprint density at radius 2 is 1.51 bits per heavy atom. The summed E-state index contributed by atoms with van der Waals surface area (Å²) in [6, 6.07) is -1.90. The lowest BCUT2D eigenvalue weighted by Gasteiger charge is -2.45. The topological polar surface area (TPSA) is 307 Å². The van der Waals surface area contributed by atoms with Crippen molar-refractivity contribution in [1.82, 2.24) is 0 Å². The van der Waals surface area contributed by atoms with E-state index in [1.165, 1.54) is 6.92 Å². The molecule has 204 valence electrons. The van der Waals surface area contributed by atoms with Crippen molar-refractivity contribution in [3.05, 3.63) is 0 Å². The average Bonchev–Trinajstić information content (AvgIpc) is 3.05. The van der Waals surface area contributed by atoms with Crippen molar-refractivity contribution in [2.45, 2.75) is 105 Å². The number of hydrogen-bond acceptors (Lipinski definition) is 10. The van der Waals surface area contributed by atoms with Gasteiger partial charge in [0.25, 0.3) is 0 Å². The van der Waals surface area contributed by atoms with Crippen LogP contribution in [0.3, 0.4) is 0 Å². The van der Waals surface area contributed by atoms with Crippen molar-refractivity contribution >= 4 is 5.96 Å². The molecular formula is C19H42N6O10+4. The summed E-state index contributed by atoms with van der Waals surface area (Å²) < 4.78 is 23.3. The quantitative estimate of drug-likeness (QED) is 0.111. The van der Waals surface area contributed by atoms with Crippen LogP contribution in [0.2, 0.25) is 0 Å². The highest BCUT2D eigenvalue weighted by molar-refractivity contribution is 5.69. The zero-order valence-electron chi connectivity index (χ0n) is 19.7. The lowest BCUT2D eigenvalue weighted by molar-refractivity contribution is -0.534. The van der Waals surface area contributed by atoms with Crippen molar-refractivity contribution in [3.63, 3.8) is 0 Å². The number of ether oxygens (including phenoxy) is 4. The van der Waals surface area contributed by atoms with E-state index in [0.717, 1.165) is 0 Å². The molecule has 0 aromatic heterocycles. The molecule has 1 aliphatic carbocycles. The Bertz CT molecular complexity index is 732. The first kappa shape index (κ1) is 28.3. The third-order valence-corrected chi connectivity index (χ3v) is 6.86. The third kappa shape index (κ3) is 6.02. The molecule has 3 rings (SSSR count). The molecule has 3 fully saturated rings. The van der Waals surface area contributed by atoms with Crippen LogP contribution in [-0.4, -0.2) is 135 Å². The number of nitrogens with two attached hydrogens (primary N) is 2. The normalized spacial score (nSPS) is 49.5. The minimum absolute atomic E-state index is 0.00350. The number of rotatable bonds is 7. The Kier molecular flexibility index (Phi) is 9.25. The minimum atomic E-state index is -1.45. The van der Waals surface area contributed by atoms with Gasteiger partial charge in [-0.25, -0.2) is 0 Å². The second kappa shape index (κ2) is 11.4. The van der Waals surface area contributed by atoms with E-state index in [4.69, 9.17) is 30.4 Å². The van der Waals surface area contributed by atoms with E-state index >= 15 is 0 Å². The van der Waals surface area contributed by atoms with Crippen LogP contribution in [0.5, 0.6) is 0 Å². The summed E-state index contributed by atoms with van der Waals surface area (Å²) in [6.45, 7) is 1.41. The number of guanidine groups is 1. The zero-order chi connectivity index (χ0) is 26.2. The molecule has 1 saturated carbocycles. The van der Waals surface area contributed by atoms with Crippen LogP contribution in [0.1, 0.15) is 13.3 Å². The third-order valence-electron chi connectivity index (χ3n) is 6.86. The van der Waals surface area contributed by atoms with Crippen LogP contribution >= 0.6 is 0 Å². The predicted molar refractivity (Wildman–Crippen MR) is 113 cm³/mol. The summed E-state index contributed by atoms with van der Waals surface area (Å²) in [5, 5.41) is 62.3. The summed E-state index contributed by atoms with van der Waals surface area (Å²) in [5.41, 5.74) is 22.6. The molecular weight excluding hydrogens is 472 g/mol. The van der Waals surface area contributed by atoms with Gasteiger partial charge < -0.3 is 66.8 Å². The average molecular weight is 515 g/mol. The standard InChI is InChI=1S/C19H38N6O10/c1-4(26)14-12(30)11(29)8(22)17(33-14)34-15-6(21)2-5(20)9(27)16(15)35-18-13(31)10(28)7(32-18)3-25-19(23)24/h4-18,26-31H,2-3,20-22H2,1H3,(H4,23,24,25)/p+4/t4-,5?,6?,7-,8?,9-,10+,11-,12+,13?,14?,15-,16-,17-,18+/m1/s1. The van der Waals surface area contributed by atoms with Crippen LogP contribution in [0.15, 0.2) is 0 Å². The first-order valence-corrected chi connectivity index (χ1v) is 11.6. The van der Waals surface area contributed by atoms with Gasteiger partial charge in [0.2, 0.25) is 6.29 Å². The van der Waals surface area contributed by atoms with Crippen molar-refractivity contribution in [3.8, 4) is 0 Å². The van der Waals surface area contributed by atoms with Crippen LogP contribution in [-0.2, 0) is 18.9 Å². The molecule has 3 aliphatic rings. The lowest BCUT2D eigenvalue weighted by Crippen LogP contribution is -2.84. The second-order valence-electron chi connectivity index (χ2n) is 9.66. The molecule has 0 spiro atoms. The molecule has 2 saturated heterocycles. The Balaban J connectivity index is 1.78. The van der Waals surface area contributed by atoms with Crippen molar-refractivity contribution in [2.24, 2.45) is 11.5 Å². The van der Waals surface area contributed by atoms with Gasteiger partial charge in [0.15, 0.2) is 12.3 Å². The van der Waals surface area contributed by atoms with Crippen molar-refractivity contribution < 1.29 is 71.8 Å². The lowest BCUT2D eigenvalue weighted by atomic mass is 9.84. The van der Waals surface area contributed by atoms with Gasteiger partial charge >= 0.3 is 5.96 Å². The van der Waals surface area contributed by atoms with Gasteiger partial charge in [-0.15, -0.1) is 0 Å². The number of aliphatic hydroxyl groups excluding tert-OH is 6. The van der Waals surface area contributed by atoms with E-state index in [0.29, 0.717) is 6.42 Å². The molecule has 0 bridgehead atoms. The number of hydrogen-bond donors (Lipinski definition) is 12. The first-order valence-electron chi connectivity index (χ1n) is 11.6. The van der Waals surface area contributed by atoms with Crippen LogP contribution in [0.25, 0.3) is 0 Å². The fourth-order valence-electron chi connectivity index (χ4n) is 4.74. The molecule has 5 unspecified atom stereocenters. The largest absolute Gasteiger partial charge is 0.391 e. The fraction of sp³-hybridized carbons (Fsp3) is 0.947. The van der Waals surface area contributed by atoms with Gasteiger partial charge in [-0.3, -0.25) is 16.5 Å². The second-order valence-corrected chi connectivity index (χ2v) is 9.66. The van der Waals surface area contributed by atoms with Crippen molar-refractivity contribution in [2.75, 3.05) is 6.54 Å². The molecule has 0 aromatic carbocycles. The van der Waals surface area contributed by atoms with E-state index in [-0.39, 0.29) is 12.5 Å². The predicted octanol–water partition coefficient (Wildman–Crippen LogP) is -11.0. The van der Waals surface area contributed by atoms with Crippen LogP contribution < -0.4 is 33.7 Å². The van der Waals surface area contributed by atoms with Gasteiger partial charge in [-0.2, -0.15) is 0 Å². The summed E-state index contributed by atoms with van der Waals surface area (Å²) >= 11 is 0. The Morgan fingerprint density at radius 3 is 2.11 bits per heavy atom. The van der Waals surface area contributed by atoms with Gasteiger partial charge in [0.1, 0.15) is 67.0 Å². The summed E-state index contributed by atoms with van der Waals surface area (Å²) in [4.78, 5) is 2.61. The molecule has 15 atom stereocenters. The monoisotopic (exact) mass is 514 g/mol. The van der Waals surface area contributed by atoms with E-state index in [2.05, 4.69) is 22.2 Å². The Labute approximate surface area is 201 Å². The first-order chi connectivity index (χ1) is 16.3. The maximum atomic E-state index is 10.9. The van der Waals surface area contributed by atoms with Crippen molar-refractivity contribution in [1.29, 1.82) is 0 Å². The maximum absolute atomic E-state index is 10.9. The number of nitrogens with one attached hydrogen (secondary N) is 1. The molecule has 16 nitrogen and oxygen atoms in total. The summed E-state index contributed by atoms with van der Waals surface area (Å²) in [6.07, 6.45) is -14.0.